The Kier molecular flexibility index (Phi) is 6.43. The van der Waals surface area contributed by atoms with Gasteiger partial charge in [-0.15, -0.1) is 11.3 Å². The Hall–Kier alpha value is -2.92. The lowest BCUT2D eigenvalue weighted by Crippen LogP contribution is -2.39. The molecule has 3 aromatic rings. The molecule has 0 radical (unpaired) electrons. The molecule has 34 heavy (non-hydrogen) atoms. The van der Waals surface area contributed by atoms with Crippen LogP contribution in [0.1, 0.15) is 42.0 Å². The number of carboxylic acids is 1. The second-order valence-electron chi connectivity index (χ2n) is 8.68. The second-order valence-corrected chi connectivity index (χ2v) is 9.59. The highest BCUT2D eigenvalue weighted by molar-refractivity contribution is 7.10. The van der Waals surface area contributed by atoms with Gasteiger partial charge in [0.05, 0.1) is 26.1 Å². The molecule has 0 bridgehead atoms. The molecule has 7 nitrogen and oxygen atoms in total. The number of aliphatic carboxylic acids is 1. The summed E-state index contributed by atoms with van der Waals surface area (Å²) in [4.78, 5) is 29.5. The zero-order chi connectivity index (χ0) is 24.7. The van der Waals surface area contributed by atoms with Crippen molar-refractivity contribution in [3.63, 3.8) is 0 Å². The van der Waals surface area contributed by atoms with Crippen LogP contribution in [0.5, 0.6) is 0 Å². The van der Waals surface area contributed by atoms with Gasteiger partial charge in [0.2, 0.25) is 5.91 Å². The summed E-state index contributed by atoms with van der Waals surface area (Å²) in [5, 5.41) is 11.6. The van der Waals surface area contributed by atoms with Crippen LogP contribution < -0.4 is 0 Å². The highest BCUT2D eigenvalue weighted by atomic mass is 32.1. The first-order valence-corrected chi connectivity index (χ1v) is 11.6. The Morgan fingerprint density at radius 2 is 2.06 bits per heavy atom. The molecule has 182 valence electrons. The Morgan fingerprint density at radius 1 is 1.29 bits per heavy atom. The monoisotopic (exact) mass is 495 g/mol. The topological polar surface area (TPSA) is 84.7 Å². The smallest absolute Gasteiger partial charge is 0.425 e. The van der Waals surface area contributed by atoms with E-state index in [2.05, 4.69) is 4.98 Å². The summed E-state index contributed by atoms with van der Waals surface area (Å²) >= 11 is 0.661. The van der Waals surface area contributed by atoms with Crippen molar-refractivity contribution in [3.05, 3.63) is 51.5 Å². The number of carbonyl (C=O) groups is 2. The van der Waals surface area contributed by atoms with Crippen molar-refractivity contribution >= 4 is 34.2 Å². The largest absolute Gasteiger partial charge is 0.479 e. The summed E-state index contributed by atoms with van der Waals surface area (Å²) in [6.07, 6.45) is -2.12. The van der Waals surface area contributed by atoms with E-state index < -0.39 is 22.6 Å². The highest BCUT2D eigenvalue weighted by Gasteiger charge is 2.33. The number of amides is 1. The van der Waals surface area contributed by atoms with Gasteiger partial charge in [-0.3, -0.25) is 4.79 Å². The van der Waals surface area contributed by atoms with Crippen LogP contribution in [0.3, 0.4) is 0 Å². The molecule has 0 saturated heterocycles. The lowest BCUT2D eigenvalue weighted by atomic mass is 10.0. The number of carboxylic acid groups (broad SMARTS) is 1. The molecule has 0 spiro atoms. The molecule has 0 aliphatic carbocycles. The number of ether oxygens (including phenoxy) is 1. The van der Waals surface area contributed by atoms with E-state index in [1.165, 1.54) is 19.2 Å². The zero-order valence-corrected chi connectivity index (χ0v) is 19.5. The van der Waals surface area contributed by atoms with Crippen LogP contribution in [-0.4, -0.2) is 50.2 Å². The minimum atomic E-state index is -4.39. The fourth-order valence-corrected chi connectivity index (χ4v) is 4.82. The van der Waals surface area contributed by atoms with E-state index in [0.29, 0.717) is 42.1 Å². The van der Waals surface area contributed by atoms with Gasteiger partial charge in [0.1, 0.15) is 10.5 Å². The third-order valence-electron chi connectivity index (χ3n) is 5.93. The molecule has 4 rings (SSSR count). The highest BCUT2D eigenvalue weighted by Crippen LogP contribution is 2.36. The van der Waals surface area contributed by atoms with Crippen molar-refractivity contribution in [3.8, 4) is 0 Å². The number of fused-ring (bicyclic) bond motifs is 3. The molecule has 11 heteroatoms. The maximum atomic E-state index is 13.1. The lowest BCUT2D eigenvalue weighted by molar-refractivity contribution is -0.162. The van der Waals surface area contributed by atoms with E-state index in [4.69, 9.17) is 9.84 Å². The Labute approximate surface area is 197 Å². The molecule has 4 heterocycles. The molecule has 1 aliphatic heterocycles. The molecule has 0 saturated carbocycles. The van der Waals surface area contributed by atoms with E-state index in [9.17, 15) is 22.8 Å². The Morgan fingerprint density at radius 3 is 2.74 bits per heavy atom. The van der Waals surface area contributed by atoms with Gasteiger partial charge < -0.3 is 19.3 Å². The Bertz CT molecular complexity index is 1230. The number of pyridine rings is 1. The summed E-state index contributed by atoms with van der Waals surface area (Å²) in [5.41, 5.74) is 1.70. The van der Waals surface area contributed by atoms with Crippen molar-refractivity contribution in [1.29, 1.82) is 0 Å². The zero-order valence-electron chi connectivity index (χ0n) is 18.7. The molecule has 1 N–H and O–H groups in total. The standard InChI is InChI=1S/C23H24F3N3O4S/c1-22(2,21(31)32)33-9-6-19(30)28-8-5-15-16-4-3-7-27-20(16)29(17(15)12-28)11-14-10-18(34-13-14)23(24,25)26/h3-4,7,10,13H,5-6,8-9,11-12H2,1-2H3,(H,31,32). The fraction of sp³-hybridized carbons (Fsp3) is 0.435. The first-order valence-electron chi connectivity index (χ1n) is 10.7. The summed E-state index contributed by atoms with van der Waals surface area (Å²) in [6, 6.07) is 4.91. The normalized spacial score (nSPS) is 14.4. The predicted octanol–water partition coefficient (Wildman–Crippen LogP) is 4.32. The first kappa shape index (κ1) is 24.2. The number of hydrogen-bond donors (Lipinski definition) is 1. The molecule has 0 aromatic carbocycles. The van der Waals surface area contributed by atoms with E-state index in [1.807, 2.05) is 16.7 Å². The van der Waals surface area contributed by atoms with Crippen LogP contribution in [0.25, 0.3) is 11.0 Å². The van der Waals surface area contributed by atoms with Gasteiger partial charge in [-0.25, -0.2) is 9.78 Å². The van der Waals surface area contributed by atoms with Crippen LogP contribution in [-0.2, 0) is 40.0 Å². The molecule has 1 amide bonds. The number of nitrogens with zero attached hydrogens (tertiary/aromatic N) is 3. The maximum absolute atomic E-state index is 13.1. The van der Waals surface area contributed by atoms with E-state index in [1.54, 1.807) is 11.1 Å². The number of hydrogen-bond acceptors (Lipinski definition) is 5. The van der Waals surface area contributed by atoms with Crippen molar-refractivity contribution in [1.82, 2.24) is 14.5 Å². The third kappa shape index (κ3) is 4.80. The average Bonchev–Trinajstić information content (AvgIpc) is 3.37. The molecule has 0 atom stereocenters. The summed E-state index contributed by atoms with van der Waals surface area (Å²) < 4.78 is 46.4. The van der Waals surface area contributed by atoms with Gasteiger partial charge in [0, 0.05) is 23.8 Å². The molecule has 0 unspecified atom stereocenters. The van der Waals surface area contributed by atoms with E-state index in [0.717, 1.165) is 22.7 Å². The number of alkyl halides is 3. The molecular formula is C23H24F3N3O4S. The summed E-state index contributed by atoms with van der Waals surface area (Å²) in [6.45, 7) is 3.82. The van der Waals surface area contributed by atoms with Crippen LogP contribution >= 0.6 is 11.3 Å². The quantitative estimate of drug-likeness (QED) is 0.528. The van der Waals surface area contributed by atoms with Crippen LogP contribution in [0.2, 0.25) is 0 Å². The van der Waals surface area contributed by atoms with Crippen LogP contribution in [0.15, 0.2) is 29.8 Å². The minimum Gasteiger partial charge on any atom is -0.479 e. The van der Waals surface area contributed by atoms with Crippen LogP contribution in [0.4, 0.5) is 13.2 Å². The number of aromatic nitrogens is 2. The van der Waals surface area contributed by atoms with Crippen molar-refractivity contribution in [2.45, 2.75) is 51.6 Å². The van der Waals surface area contributed by atoms with Gasteiger partial charge in [-0.1, -0.05) is 0 Å². The molecule has 0 fully saturated rings. The first-order chi connectivity index (χ1) is 16.0. The summed E-state index contributed by atoms with van der Waals surface area (Å²) in [5.74, 6) is -1.28. The number of rotatable bonds is 7. The van der Waals surface area contributed by atoms with Gasteiger partial charge in [0.15, 0.2) is 5.60 Å². The maximum Gasteiger partial charge on any atom is 0.425 e. The van der Waals surface area contributed by atoms with E-state index >= 15 is 0 Å². The fourth-order valence-electron chi connectivity index (χ4n) is 4.05. The SMILES string of the molecule is CC(C)(OCCC(=O)N1CCc2c(n(Cc3csc(C(F)(F)F)c3)c3ncccc23)C1)C(=O)O. The van der Waals surface area contributed by atoms with E-state index in [-0.39, 0.29) is 25.5 Å². The summed E-state index contributed by atoms with van der Waals surface area (Å²) in [7, 11) is 0. The van der Waals surface area contributed by atoms with Gasteiger partial charge in [-0.05, 0) is 55.0 Å². The van der Waals surface area contributed by atoms with Crippen LogP contribution in [0, 0.1) is 0 Å². The third-order valence-corrected chi connectivity index (χ3v) is 6.96. The number of carbonyl (C=O) groups excluding carboxylic acids is 1. The Balaban J connectivity index is 1.55. The van der Waals surface area contributed by atoms with Gasteiger partial charge >= 0.3 is 12.1 Å². The van der Waals surface area contributed by atoms with Crippen molar-refractivity contribution in [2.75, 3.05) is 13.2 Å². The van der Waals surface area contributed by atoms with Gasteiger partial charge in [0.25, 0.3) is 0 Å². The lowest BCUT2D eigenvalue weighted by Gasteiger charge is -2.29. The minimum absolute atomic E-state index is 0.0266. The molecular weight excluding hydrogens is 471 g/mol. The predicted molar refractivity (Wildman–Crippen MR) is 120 cm³/mol. The van der Waals surface area contributed by atoms with Crippen molar-refractivity contribution < 1.29 is 32.6 Å². The number of thiophene rings is 1. The molecule has 3 aromatic heterocycles. The number of halogens is 3. The van der Waals surface area contributed by atoms with Gasteiger partial charge in [-0.2, -0.15) is 13.2 Å². The second kappa shape index (κ2) is 9.03. The molecule has 1 aliphatic rings. The average molecular weight is 496 g/mol. The van der Waals surface area contributed by atoms with Crippen molar-refractivity contribution in [2.24, 2.45) is 0 Å².